The van der Waals surface area contributed by atoms with Crippen LogP contribution in [0.1, 0.15) is 52.7 Å². The number of amides is 2. The lowest BCUT2D eigenvalue weighted by Gasteiger charge is -2.35. The summed E-state index contributed by atoms with van der Waals surface area (Å²) in [7, 11) is 3.06. The summed E-state index contributed by atoms with van der Waals surface area (Å²) in [5.41, 5.74) is 2.27. The number of hydrogen-bond acceptors (Lipinski definition) is 6. The molecule has 38 heavy (non-hydrogen) atoms. The fourth-order valence-electron chi connectivity index (χ4n) is 4.45. The summed E-state index contributed by atoms with van der Waals surface area (Å²) in [4.78, 5) is 45.9. The molecule has 2 amide bonds. The van der Waals surface area contributed by atoms with E-state index in [1.54, 1.807) is 48.3 Å². The van der Waals surface area contributed by atoms with Crippen molar-refractivity contribution >= 4 is 45.3 Å². The summed E-state index contributed by atoms with van der Waals surface area (Å²) in [6, 6.07) is 9.73. The Morgan fingerprint density at radius 2 is 1.89 bits per heavy atom. The highest BCUT2D eigenvalue weighted by Crippen LogP contribution is 2.33. The highest BCUT2D eigenvalue weighted by Gasteiger charge is 2.33. The van der Waals surface area contributed by atoms with Gasteiger partial charge in [0.15, 0.2) is 0 Å². The first kappa shape index (κ1) is 27.7. The van der Waals surface area contributed by atoms with Gasteiger partial charge in [0.25, 0.3) is 17.4 Å². The Hall–Kier alpha value is -3.37. The first-order valence-corrected chi connectivity index (χ1v) is 13.3. The van der Waals surface area contributed by atoms with E-state index in [2.05, 4.69) is 26.6 Å². The van der Waals surface area contributed by atoms with Crippen LogP contribution in [0, 0.1) is 0 Å². The van der Waals surface area contributed by atoms with Gasteiger partial charge in [-0.05, 0) is 79.5 Å². The van der Waals surface area contributed by atoms with Crippen molar-refractivity contribution in [2.24, 2.45) is 0 Å². The summed E-state index contributed by atoms with van der Waals surface area (Å²) >= 11 is 9.65. The van der Waals surface area contributed by atoms with Gasteiger partial charge in [0.05, 0.1) is 35.6 Å². The summed E-state index contributed by atoms with van der Waals surface area (Å²) in [5.74, 6) is 0.288. The molecule has 0 saturated carbocycles. The lowest BCUT2D eigenvalue weighted by molar-refractivity contribution is 0.0649. The van der Waals surface area contributed by atoms with Gasteiger partial charge in [0.2, 0.25) is 5.95 Å². The SMILES string of the molecule is CNC(=O)c1ccc(-n2c(NC(C)C)nc3c(c2=O)C[C@@H](C)N(C(=O)c2cc(Cl)c(Br)cc2OC)C3)cc1. The molecule has 2 N–H and O–H groups in total. The van der Waals surface area contributed by atoms with E-state index < -0.39 is 0 Å². The Morgan fingerprint density at radius 3 is 2.50 bits per heavy atom. The van der Waals surface area contributed by atoms with Crippen LogP contribution in [0.15, 0.2) is 45.7 Å². The Kier molecular flexibility index (Phi) is 8.13. The minimum Gasteiger partial charge on any atom is -0.496 e. The van der Waals surface area contributed by atoms with Gasteiger partial charge in [-0.3, -0.25) is 14.4 Å². The molecule has 0 spiro atoms. The molecule has 1 aliphatic heterocycles. The van der Waals surface area contributed by atoms with Crippen LogP contribution in [0.4, 0.5) is 5.95 Å². The maximum absolute atomic E-state index is 13.8. The normalized spacial score (nSPS) is 14.7. The van der Waals surface area contributed by atoms with Crippen molar-refractivity contribution in [3.05, 3.63) is 78.6 Å². The summed E-state index contributed by atoms with van der Waals surface area (Å²) in [5, 5.41) is 6.24. The van der Waals surface area contributed by atoms with Crippen LogP contribution in [0.5, 0.6) is 5.75 Å². The van der Waals surface area contributed by atoms with Crippen molar-refractivity contribution in [3.8, 4) is 11.4 Å². The molecule has 0 fully saturated rings. The van der Waals surface area contributed by atoms with Crippen molar-refractivity contribution in [2.45, 2.75) is 45.8 Å². The second kappa shape index (κ2) is 11.2. The highest BCUT2D eigenvalue weighted by molar-refractivity contribution is 9.10. The topological polar surface area (TPSA) is 106 Å². The summed E-state index contributed by atoms with van der Waals surface area (Å²) in [6.45, 7) is 5.96. The third-order valence-electron chi connectivity index (χ3n) is 6.38. The number of methoxy groups -OCH3 is 1. The van der Waals surface area contributed by atoms with E-state index in [1.807, 2.05) is 20.8 Å². The maximum atomic E-state index is 13.8. The molecule has 200 valence electrons. The number of carbonyl (C=O) groups is 2. The van der Waals surface area contributed by atoms with Gasteiger partial charge in [-0.25, -0.2) is 9.55 Å². The van der Waals surface area contributed by atoms with Crippen LogP contribution < -0.4 is 20.9 Å². The number of fused-ring (bicyclic) bond motifs is 1. The minimum absolute atomic E-state index is 0.00856. The number of halogens is 2. The van der Waals surface area contributed by atoms with Crippen LogP contribution in [-0.2, 0) is 13.0 Å². The van der Waals surface area contributed by atoms with Gasteiger partial charge >= 0.3 is 0 Å². The molecule has 1 aromatic heterocycles. The molecule has 0 radical (unpaired) electrons. The van der Waals surface area contributed by atoms with Crippen LogP contribution >= 0.6 is 27.5 Å². The molecule has 0 aliphatic carbocycles. The number of anilines is 1. The van der Waals surface area contributed by atoms with Gasteiger partial charge in [0.1, 0.15) is 5.75 Å². The molecule has 2 aromatic carbocycles. The van der Waals surface area contributed by atoms with Crippen molar-refractivity contribution < 1.29 is 14.3 Å². The van der Waals surface area contributed by atoms with Gasteiger partial charge in [-0.2, -0.15) is 0 Å². The molecule has 11 heteroatoms. The number of rotatable bonds is 6. The molecular weight excluding hydrogens is 574 g/mol. The first-order valence-electron chi connectivity index (χ1n) is 12.1. The van der Waals surface area contributed by atoms with Crippen molar-refractivity contribution in [1.82, 2.24) is 19.8 Å². The van der Waals surface area contributed by atoms with Crippen molar-refractivity contribution in [1.29, 1.82) is 0 Å². The molecule has 0 saturated heterocycles. The van der Waals surface area contributed by atoms with Gasteiger partial charge in [-0.1, -0.05) is 11.6 Å². The maximum Gasteiger partial charge on any atom is 0.263 e. The predicted octanol–water partition coefficient (Wildman–Crippen LogP) is 4.42. The molecule has 1 atom stereocenters. The zero-order valence-electron chi connectivity index (χ0n) is 21.8. The number of nitrogens with zero attached hydrogens (tertiary/aromatic N) is 3. The predicted molar refractivity (Wildman–Crippen MR) is 151 cm³/mol. The first-order chi connectivity index (χ1) is 18.0. The van der Waals surface area contributed by atoms with E-state index in [0.717, 1.165) is 0 Å². The second-order valence-electron chi connectivity index (χ2n) is 9.38. The largest absolute Gasteiger partial charge is 0.496 e. The fourth-order valence-corrected chi connectivity index (χ4v) is 4.94. The Balaban J connectivity index is 1.77. The van der Waals surface area contributed by atoms with E-state index >= 15 is 0 Å². The molecule has 4 rings (SSSR count). The molecule has 9 nitrogen and oxygen atoms in total. The molecule has 1 aliphatic rings. The van der Waals surface area contributed by atoms with E-state index in [-0.39, 0.29) is 36.0 Å². The third kappa shape index (κ3) is 5.28. The monoisotopic (exact) mass is 601 g/mol. The number of ether oxygens (including phenoxy) is 1. The number of carbonyl (C=O) groups excluding carboxylic acids is 2. The molecule has 0 unspecified atom stereocenters. The van der Waals surface area contributed by atoms with Crippen molar-refractivity contribution in [3.63, 3.8) is 0 Å². The van der Waals surface area contributed by atoms with Crippen LogP contribution in [0.3, 0.4) is 0 Å². The molecule has 0 bridgehead atoms. The van der Waals surface area contributed by atoms with E-state index in [1.165, 1.54) is 11.7 Å². The van der Waals surface area contributed by atoms with Gasteiger partial charge in [-0.15, -0.1) is 0 Å². The van der Waals surface area contributed by atoms with Crippen LogP contribution in [0.2, 0.25) is 5.02 Å². The van der Waals surface area contributed by atoms with Crippen LogP contribution in [-0.4, -0.2) is 52.5 Å². The van der Waals surface area contributed by atoms with E-state index in [4.69, 9.17) is 21.3 Å². The molecular formula is C27H29BrClN5O4. The average molecular weight is 603 g/mol. The second-order valence-corrected chi connectivity index (χ2v) is 10.6. The zero-order chi connectivity index (χ0) is 27.7. The van der Waals surface area contributed by atoms with E-state index in [9.17, 15) is 14.4 Å². The summed E-state index contributed by atoms with van der Waals surface area (Å²) < 4.78 is 7.58. The zero-order valence-corrected chi connectivity index (χ0v) is 24.1. The Morgan fingerprint density at radius 1 is 1.21 bits per heavy atom. The van der Waals surface area contributed by atoms with Crippen molar-refractivity contribution in [2.75, 3.05) is 19.5 Å². The Bertz CT molecular complexity index is 1460. The van der Waals surface area contributed by atoms with E-state index in [0.29, 0.717) is 55.7 Å². The third-order valence-corrected chi connectivity index (χ3v) is 7.58. The van der Waals surface area contributed by atoms with Gasteiger partial charge in [0, 0.05) is 34.7 Å². The molecule has 2 heterocycles. The number of aromatic nitrogens is 2. The van der Waals surface area contributed by atoms with Crippen LogP contribution in [0.25, 0.3) is 5.69 Å². The molecule has 3 aromatic rings. The smallest absolute Gasteiger partial charge is 0.263 e. The highest BCUT2D eigenvalue weighted by atomic mass is 79.9. The average Bonchev–Trinajstić information content (AvgIpc) is 2.89. The quantitative estimate of drug-likeness (QED) is 0.433. The number of benzene rings is 2. The lowest BCUT2D eigenvalue weighted by atomic mass is 9.98. The minimum atomic E-state index is -0.274. The number of nitrogens with one attached hydrogen (secondary N) is 2. The fraction of sp³-hybridized carbons (Fsp3) is 0.333. The van der Waals surface area contributed by atoms with Gasteiger partial charge < -0.3 is 20.3 Å². The Labute approximate surface area is 234 Å². The lowest BCUT2D eigenvalue weighted by Crippen LogP contribution is -2.46. The number of hydrogen-bond donors (Lipinski definition) is 2. The standard InChI is InChI=1S/C27H29BrClN5O4/c1-14(2)31-27-32-22-13-33(25(36)19-11-21(29)20(28)12-23(19)38-5)15(3)10-18(22)26(37)34(27)17-8-6-16(7-9-17)24(35)30-4/h6-9,11-12,14-15H,10,13H2,1-5H3,(H,30,35)(H,31,32)/t15-/m1/s1. The summed E-state index contributed by atoms with van der Waals surface area (Å²) in [6.07, 6.45) is 0.331.